The Morgan fingerprint density at radius 3 is 2.76 bits per heavy atom. The van der Waals surface area contributed by atoms with E-state index in [0.717, 1.165) is 14.1 Å². The minimum atomic E-state index is -0.383. The van der Waals surface area contributed by atoms with Gasteiger partial charge in [0.15, 0.2) is 10.2 Å². The molecule has 0 aliphatic rings. The van der Waals surface area contributed by atoms with Crippen LogP contribution >= 0.6 is 23.1 Å². The van der Waals surface area contributed by atoms with Gasteiger partial charge in [-0.25, -0.2) is 9.78 Å². The van der Waals surface area contributed by atoms with E-state index in [0.29, 0.717) is 17.1 Å². The van der Waals surface area contributed by atoms with Crippen LogP contribution in [0.1, 0.15) is 41.8 Å². The first-order valence-electron chi connectivity index (χ1n) is 8.82. The number of hydrogen-bond donors (Lipinski definition) is 1. The molecule has 0 spiro atoms. The van der Waals surface area contributed by atoms with E-state index >= 15 is 0 Å². The Bertz CT molecular complexity index is 1020. The number of aromatic nitrogens is 2. The van der Waals surface area contributed by atoms with Gasteiger partial charge in [-0.15, -0.1) is 11.3 Å². The molecule has 0 radical (unpaired) electrons. The summed E-state index contributed by atoms with van der Waals surface area (Å²) in [6, 6.07) is 8.87. The Labute approximate surface area is 176 Å². The Morgan fingerprint density at radius 1 is 1.28 bits per heavy atom. The third kappa shape index (κ3) is 5.68. The number of nitrogens with zero attached hydrogens (tertiary/aromatic N) is 2. The SMILES string of the molecule is COC(=O)c1cccc(Sc2ncc(CC(=O)Nc3cc(C(C)(C)C)on3)s2)c1. The molecule has 29 heavy (non-hydrogen) atoms. The summed E-state index contributed by atoms with van der Waals surface area (Å²) in [5.41, 5.74) is 0.307. The van der Waals surface area contributed by atoms with Gasteiger partial charge in [0, 0.05) is 27.5 Å². The number of benzene rings is 1. The van der Waals surface area contributed by atoms with Gasteiger partial charge >= 0.3 is 5.97 Å². The van der Waals surface area contributed by atoms with Crippen molar-refractivity contribution < 1.29 is 18.8 Å². The zero-order valence-electron chi connectivity index (χ0n) is 16.5. The van der Waals surface area contributed by atoms with Gasteiger partial charge < -0.3 is 14.6 Å². The summed E-state index contributed by atoms with van der Waals surface area (Å²) in [5, 5.41) is 6.64. The van der Waals surface area contributed by atoms with Crippen molar-refractivity contribution in [1.82, 2.24) is 10.1 Å². The number of esters is 1. The lowest BCUT2D eigenvalue weighted by Crippen LogP contribution is -2.14. The number of carbonyl (C=O) groups is 2. The van der Waals surface area contributed by atoms with Crippen molar-refractivity contribution >= 4 is 40.8 Å². The zero-order chi connectivity index (χ0) is 21.0. The highest BCUT2D eigenvalue weighted by Gasteiger charge is 2.20. The lowest BCUT2D eigenvalue weighted by Gasteiger charge is -2.11. The lowest BCUT2D eigenvalue weighted by atomic mass is 9.93. The van der Waals surface area contributed by atoms with Crippen LogP contribution < -0.4 is 5.32 Å². The van der Waals surface area contributed by atoms with Gasteiger partial charge in [0.05, 0.1) is 19.1 Å². The van der Waals surface area contributed by atoms with Crippen LogP contribution in [-0.4, -0.2) is 29.1 Å². The van der Waals surface area contributed by atoms with Crippen molar-refractivity contribution in [2.75, 3.05) is 12.4 Å². The van der Waals surface area contributed by atoms with E-state index < -0.39 is 0 Å². The highest BCUT2D eigenvalue weighted by Crippen LogP contribution is 2.32. The van der Waals surface area contributed by atoms with E-state index in [1.54, 1.807) is 30.5 Å². The van der Waals surface area contributed by atoms with Gasteiger partial charge in [0.1, 0.15) is 5.76 Å². The Balaban J connectivity index is 1.59. The summed E-state index contributed by atoms with van der Waals surface area (Å²) in [7, 11) is 1.35. The van der Waals surface area contributed by atoms with Crippen LogP contribution in [0.2, 0.25) is 0 Å². The van der Waals surface area contributed by atoms with E-state index in [1.807, 2.05) is 26.8 Å². The van der Waals surface area contributed by atoms with Crippen LogP contribution in [0.25, 0.3) is 0 Å². The number of rotatable bonds is 6. The van der Waals surface area contributed by atoms with Crippen molar-refractivity contribution in [3.8, 4) is 0 Å². The monoisotopic (exact) mass is 431 g/mol. The standard InChI is InChI=1S/C20H21N3O4S2/c1-20(2,3)15-10-16(23-27-15)22-17(24)9-14-11-21-19(29-14)28-13-7-5-6-12(8-13)18(25)26-4/h5-8,10-11H,9H2,1-4H3,(H,22,23,24). The average Bonchev–Trinajstić information content (AvgIpc) is 3.30. The maximum absolute atomic E-state index is 12.3. The first-order chi connectivity index (χ1) is 13.7. The second-order valence-electron chi connectivity index (χ2n) is 7.27. The Hall–Kier alpha value is -2.65. The van der Waals surface area contributed by atoms with Gasteiger partial charge in [0.2, 0.25) is 5.91 Å². The van der Waals surface area contributed by atoms with Gasteiger partial charge in [-0.2, -0.15) is 0 Å². The van der Waals surface area contributed by atoms with Crippen molar-refractivity contribution in [2.45, 2.75) is 41.8 Å². The topological polar surface area (TPSA) is 94.3 Å². The second-order valence-corrected chi connectivity index (χ2v) is 9.70. The minimum absolute atomic E-state index is 0.176. The van der Waals surface area contributed by atoms with Crippen LogP contribution in [0.4, 0.5) is 5.82 Å². The normalized spacial score (nSPS) is 11.3. The molecule has 0 saturated carbocycles. The first-order valence-corrected chi connectivity index (χ1v) is 10.5. The van der Waals surface area contributed by atoms with Crippen molar-refractivity contribution in [3.63, 3.8) is 0 Å². The van der Waals surface area contributed by atoms with E-state index in [2.05, 4.69) is 15.5 Å². The number of methoxy groups -OCH3 is 1. The third-order valence-electron chi connectivity index (χ3n) is 3.84. The molecule has 0 unspecified atom stereocenters. The predicted octanol–water partition coefficient (Wildman–Crippen LogP) is 4.55. The Kier molecular flexibility index (Phi) is 6.39. The van der Waals surface area contributed by atoms with Crippen LogP contribution in [0.3, 0.4) is 0 Å². The van der Waals surface area contributed by atoms with Gasteiger partial charge in [0.25, 0.3) is 0 Å². The van der Waals surface area contributed by atoms with Gasteiger partial charge in [-0.1, -0.05) is 43.8 Å². The van der Waals surface area contributed by atoms with Crippen molar-refractivity contribution in [3.05, 3.63) is 52.7 Å². The first kappa shape index (κ1) is 21.1. The maximum atomic E-state index is 12.3. The van der Waals surface area contributed by atoms with Crippen molar-refractivity contribution in [1.29, 1.82) is 0 Å². The predicted molar refractivity (Wildman–Crippen MR) is 112 cm³/mol. The summed E-state index contributed by atoms with van der Waals surface area (Å²) >= 11 is 2.86. The fourth-order valence-electron chi connectivity index (χ4n) is 2.36. The fourth-order valence-corrected chi connectivity index (χ4v) is 4.41. The van der Waals surface area contributed by atoms with E-state index in [4.69, 9.17) is 9.26 Å². The van der Waals surface area contributed by atoms with Crippen LogP contribution in [0.5, 0.6) is 0 Å². The van der Waals surface area contributed by atoms with Gasteiger partial charge in [-0.3, -0.25) is 4.79 Å². The molecule has 1 amide bonds. The van der Waals surface area contributed by atoms with Crippen LogP contribution in [0.15, 0.2) is 50.3 Å². The summed E-state index contributed by atoms with van der Waals surface area (Å²) in [5.74, 6) is 0.537. The quantitative estimate of drug-likeness (QED) is 0.572. The summed E-state index contributed by atoms with van der Waals surface area (Å²) in [6.07, 6.45) is 1.87. The molecule has 0 aliphatic carbocycles. The zero-order valence-corrected chi connectivity index (χ0v) is 18.1. The molecule has 1 aromatic carbocycles. The fraction of sp³-hybridized carbons (Fsp3) is 0.300. The second kappa shape index (κ2) is 8.79. The molecule has 1 N–H and O–H groups in total. The molecule has 2 heterocycles. The average molecular weight is 432 g/mol. The molecule has 152 valence electrons. The number of anilines is 1. The Morgan fingerprint density at radius 2 is 2.07 bits per heavy atom. The number of thiazole rings is 1. The summed E-state index contributed by atoms with van der Waals surface area (Å²) < 4.78 is 10.8. The molecule has 3 aromatic rings. The highest BCUT2D eigenvalue weighted by molar-refractivity contribution is 8.01. The third-order valence-corrected chi connectivity index (χ3v) is 5.91. The number of hydrogen-bond acceptors (Lipinski definition) is 8. The number of ether oxygens (including phenoxy) is 1. The molecule has 3 rings (SSSR count). The molecule has 0 saturated heterocycles. The largest absolute Gasteiger partial charge is 0.465 e. The summed E-state index contributed by atoms with van der Waals surface area (Å²) in [6.45, 7) is 6.03. The summed E-state index contributed by atoms with van der Waals surface area (Å²) in [4.78, 5) is 30.0. The molecular weight excluding hydrogens is 410 g/mol. The van der Waals surface area contributed by atoms with Crippen molar-refractivity contribution in [2.24, 2.45) is 0 Å². The van der Waals surface area contributed by atoms with Crippen LogP contribution in [0, 0.1) is 0 Å². The number of carbonyl (C=O) groups excluding carboxylic acids is 2. The number of amides is 1. The molecule has 9 heteroatoms. The van der Waals surface area contributed by atoms with Crippen LogP contribution in [-0.2, 0) is 21.4 Å². The minimum Gasteiger partial charge on any atom is -0.465 e. The molecule has 7 nitrogen and oxygen atoms in total. The molecule has 2 aromatic heterocycles. The van der Waals surface area contributed by atoms with E-state index in [-0.39, 0.29) is 23.7 Å². The number of nitrogens with one attached hydrogen (secondary N) is 1. The molecule has 0 bridgehead atoms. The molecule has 0 aliphatic heterocycles. The lowest BCUT2D eigenvalue weighted by molar-refractivity contribution is -0.115. The van der Waals surface area contributed by atoms with E-state index in [1.165, 1.54) is 30.2 Å². The molecule has 0 fully saturated rings. The van der Waals surface area contributed by atoms with Gasteiger partial charge in [-0.05, 0) is 18.2 Å². The molecule has 0 atom stereocenters. The van der Waals surface area contributed by atoms with E-state index in [9.17, 15) is 9.59 Å². The highest BCUT2D eigenvalue weighted by atomic mass is 32.2. The molecular formula is C20H21N3O4S2. The maximum Gasteiger partial charge on any atom is 0.337 e. The smallest absolute Gasteiger partial charge is 0.337 e.